The Kier molecular flexibility index (Phi) is 3.45. The van der Waals surface area contributed by atoms with Gasteiger partial charge in [0.1, 0.15) is 6.61 Å². The number of carbonyl (C=O) groups excluding carboxylic acids is 1. The SMILES string of the molecule is CC(C)OCC(=O)C1(N)CCCC1. The van der Waals surface area contributed by atoms with E-state index in [-0.39, 0.29) is 18.5 Å². The van der Waals surface area contributed by atoms with Crippen LogP contribution in [0.3, 0.4) is 0 Å². The van der Waals surface area contributed by atoms with Crippen molar-refractivity contribution in [2.24, 2.45) is 5.73 Å². The van der Waals surface area contributed by atoms with E-state index in [9.17, 15) is 4.79 Å². The summed E-state index contributed by atoms with van der Waals surface area (Å²) in [6, 6.07) is 0. The van der Waals surface area contributed by atoms with Crippen LogP contribution >= 0.6 is 0 Å². The molecule has 1 aliphatic carbocycles. The lowest BCUT2D eigenvalue weighted by molar-refractivity contribution is -0.130. The first-order chi connectivity index (χ1) is 6.04. The number of carbonyl (C=O) groups is 1. The third kappa shape index (κ3) is 2.78. The number of ether oxygens (including phenoxy) is 1. The summed E-state index contributed by atoms with van der Waals surface area (Å²) in [5.41, 5.74) is 5.38. The van der Waals surface area contributed by atoms with Crippen LogP contribution in [0.15, 0.2) is 0 Å². The number of hydrogen-bond acceptors (Lipinski definition) is 3. The Balaban J connectivity index is 2.38. The molecule has 0 amide bonds. The molecule has 0 heterocycles. The van der Waals surface area contributed by atoms with E-state index in [1.807, 2.05) is 13.8 Å². The molecule has 0 unspecified atom stereocenters. The van der Waals surface area contributed by atoms with Crippen LogP contribution in [-0.4, -0.2) is 24.0 Å². The van der Waals surface area contributed by atoms with E-state index < -0.39 is 5.54 Å². The van der Waals surface area contributed by atoms with Gasteiger partial charge in [0.2, 0.25) is 0 Å². The average Bonchev–Trinajstić information content (AvgIpc) is 2.49. The number of nitrogens with two attached hydrogens (primary N) is 1. The minimum atomic E-state index is -0.575. The average molecular weight is 185 g/mol. The topological polar surface area (TPSA) is 52.3 Å². The van der Waals surface area contributed by atoms with Gasteiger partial charge in [-0.15, -0.1) is 0 Å². The molecule has 1 fully saturated rings. The smallest absolute Gasteiger partial charge is 0.178 e. The molecule has 2 N–H and O–H groups in total. The standard InChI is InChI=1S/C10H19NO2/c1-8(2)13-7-9(12)10(11)5-3-4-6-10/h8H,3-7,11H2,1-2H3. The van der Waals surface area contributed by atoms with Gasteiger partial charge < -0.3 is 10.5 Å². The highest BCUT2D eigenvalue weighted by Gasteiger charge is 2.36. The Labute approximate surface area is 79.6 Å². The van der Waals surface area contributed by atoms with Gasteiger partial charge in [-0.25, -0.2) is 0 Å². The molecule has 0 aromatic rings. The van der Waals surface area contributed by atoms with Crippen LogP contribution in [0.1, 0.15) is 39.5 Å². The van der Waals surface area contributed by atoms with E-state index >= 15 is 0 Å². The highest BCUT2D eigenvalue weighted by molar-refractivity contribution is 5.89. The maximum atomic E-state index is 11.6. The molecule has 76 valence electrons. The molecule has 0 aromatic carbocycles. The van der Waals surface area contributed by atoms with Crippen molar-refractivity contribution in [1.29, 1.82) is 0 Å². The summed E-state index contributed by atoms with van der Waals surface area (Å²) in [6.07, 6.45) is 3.91. The largest absolute Gasteiger partial charge is 0.371 e. The normalized spacial score (nSPS) is 20.9. The lowest BCUT2D eigenvalue weighted by Crippen LogP contribution is -2.47. The summed E-state index contributed by atoms with van der Waals surface area (Å²) in [5.74, 6) is 0.0682. The Morgan fingerprint density at radius 3 is 2.46 bits per heavy atom. The summed E-state index contributed by atoms with van der Waals surface area (Å²) < 4.78 is 5.25. The fraction of sp³-hybridized carbons (Fsp3) is 0.900. The maximum Gasteiger partial charge on any atom is 0.178 e. The molecule has 0 bridgehead atoms. The Morgan fingerprint density at radius 1 is 1.46 bits per heavy atom. The van der Waals surface area contributed by atoms with Crippen LogP contribution in [0.4, 0.5) is 0 Å². The van der Waals surface area contributed by atoms with Crippen LogP contribution in [0.5, 0.6) is 0 Å². The third-order valence-electron chi connectivity index (χ3n) is 2.60. The molecule has 3 heteroatoms. The van der Waals surface area contributed by atoms with E-state index in [2.05, 4.69) is 0 Å². The molecule has 1 aliphatic rings. The Morgan fingerprint density at radius 2 is 2.00 bits per heavy atom. The second-order valence-corrected chi connectivity index (χ2v) is 4.15. The zero-order valence-corrected chi connectivity index (χ0v) is 8.51. The second-order valence-electron chi connectivity index (χ2n) is 4.15. The van der Waals surface area contributed by atoms with Crippen LogP contribution in [-0.2, 0) is 9.53 Å². The van der Waals surface area contributed by atoms with Gasteiger partial charge in [0.15, 0.2) is 5.78 Å². The van der Waals surface area contributed by atoms with Gasteiger partial charge in [-0.1, -0.05) is 12.8 Å². The van der Waals surface area contributed by atoms with E-state index in [0.717, 1.165) is 25.7 Å². The molecule has 0 saturated heterocycles. The van der Waals surface area contributed by atoms with E-state index in [0.29, 0.717) is 0 Å². The molecule has 0 aliphatic heterocycles. The van der Waals surface area contributed by atoms with Gasteiger partial charge in [0.25, 0.3) is 0 Å². The van der Waals surface area contributed by atoms with Crippen LogP contribution in [0.25, 0.3) is 0 Å². The lowest BCUT2D eigenvalue weighted by Gasteiger charge is -2.22. The van der Waals surface area contributed by atoms with Gasteiger partial charge in [0.05, 0.1) is 11.6 Å². The Bertz CT molecular complexity index is 183. The lowest BCUT2D eigenvalue weighted by atomic mass is 9.94. The van der Waals surface area contributed by atoms with E-state index in [1.54, 1.807) is 0 Å². The third-order valence-corrected chi connectivity index (χ3v) is 2.60. The summed E-state index contributed by atoms with van der Waals surface area (Å²) in [5, 5.41) is 0. The summed E-state index contributed by atoms with van der Waals surface area (Å²) in [4.78, 5) is 11.6. The highest BCUT2D eigenvalue weighted by atomic mass is 16.5. The number of Topliss-reactive ketones (excluding diaryl/α,β-unsaturated/α-hetero) is 1. The Hall–Kier alpha value is -0.410. The zero-order chi connectivity index (χ0) is 9.90. The summed E-state index contributed by atoms with van der Waals surface area (Å²) >= 11 is 0. The van der Waals surface area contributed by atoms with Crippen molar-refractivity contribution in [2.75, 3.05) is 6.61 Å². The molecule has 0 atom stereocenters. The van der Waals surface area contributed by atoms with Crippen molar-refractivity contribution in [2.45, 2.75) is 51.2 Å². The summed E-state index contributed by atoms with van der Waals surface area (Å²) in [6.45, 7) is 4.02. The van der Waals surface area contributed by atoms with Crippen molar-refractivity contribution in [3.05, 3.63) is 0 Å². The molecule has 1 saturated carbocycles. The molecule has 1 rings (SSSR count). The van der Waals surface area contributed by atoms with Crippen molar-refractivity contribution >= 4 is 5.78 Å². The molecular formula is C10H19NO2. The van der Waals surface area contributed by atoms with Crippen molar-refractivity contribution in [3.63, 3.8) is 0 Å². The first-order valence-electron chi connectivity index (χ1n) is 4.98. The zero-order valence-electron chi connectivity index (χ0n) is 8.51. The van der Waals surface area contributed by atoms with Crippen LogP contribution in [0.2, 0.25) is 0 Å². The van der Waals surface area contributed by atoms with Crippen molar-refractivity contribution in [3.8, 4) is 0 Å². The number of hydrogen-bond donors (Lipinski definition) is 1. The van der Waals surface area contributed by atoms with Gasteiger partial charge in [-0.2, -0.15) is 0 Å². The second kappa shape index (κ2) is 4.20. The molecule has 13 heavy (non-hydrogen) atoms. The molecule has 0 aromatic heterocycles. The van der Waals surface area contributed by atoms with Gasteiger partial charge in [-0.3, -0.25) is 4.79 Å². The number of rotatable bonds is 4. The highest BCUT2D eigenvalue weighted by Crippen LogP contribution is 2.27. The minimum Gasteiger partial charge on any atom is -0.371 e. The fourth-order valence-corrected chi connectivity index (χ4v) is 1.67. The van der Waals surface area contributed by atoms with Gasteiger partial charge in [-0.05, 0) is 26.7 Å². The predicted octanol–water partition coefficient (Wildman–Crippen LogP) is 1.25. The van der Waals surface area contributed by atoms with Crippen LogP contribution in [0, 0.1) is 0 Å². The van der Waals surface area contributed by atoms with Crippen molar-refractivity contribution < 1.29 is 9.53 Å². The van der Waals surface area contributed by atoms with Gasteiger partial charge in [0, 0.05) is 0 Å². The molecule has 3 nitrogen and oxygen atoms in total. The molecular weight excluding hydrogens is 166 g/mol. The fourth-order valence-electron chi connectivity index (χ4n) is 1.67. The monoisotopic (exact) mass is 185 g/mol. The van der Waals surface area contributed by atoms with Crippen LogP contribution < -0.4 is 5.73 Å². The number of ketones is 1. The maximum absolute atomic E-state index is 11.6. The molecule has 0 spiro atoms. The van der Waals surface area contributed by atoms with E-state index in [4.69, 9.17) is 10.5 Å². The summed E-state index contributed by atoms with van der Waals surface area (Å²) in [7, 11) is 0. The molecule has 0 radical (unpaired) electrons. The minimum absolute atomic E-state index is 0.0682. The van der Waals surface area contributed by atoms with Gasteiger partial charge >= 0.3 is 0 Å². The van der Waals surface area contributed by atoms with Crippen molar-refractivity contribution in [1.82, 2.24) is 0 Å². The first-order valence-corrected chi connectivity index (χ1v) is 4.98. The predicted molar refractivity (Wildman–Crippen MR) is 51.5 cm³/mol. The first kappa shape index (κ1) is 10.7. The van der Waals surface area contributed by atoms with E-state index in [1.165, 1.54) is 0 Å². The quantitative estimate of drug-likeness (QED) is 0.717.